The van der Waals surface area contributed by atoms with Gasteiger partial charge in [-0.15, -0.1) is 0 Å². The molecular formula is C23H30N6O4. The first kappa shape index (κ1) is 29.8. The highest BCUT2D eigenvalue weighted by atomic mass is 16.7. The first-order valence-electron chi connectivity index (χ1n) is 10.8. The van der Waals surface area contributed by atoms with Crippen LogP contribution in [0.15, 0.2) is 0 Å². The Labute approximate surface area is 196 Å². The normalized spacial score (nSPS) is 12.2. The minimum Gasteiger partial charge on any atom is -0.377 e. The Balaban J connectivity index is 5.84. The second kappa shape index (κ2) is 20.7. The van der Waals surface area contributed by atoms with Crippen LogP contribution >= 0.6 is 0 Å². The van der Waals surface area contributed by atoms with Crippen LogP contribution in [0.5, 0.6) is 0 Å². The largest absolute Gasteiger partial charge is 0.377 e. The SMILES string of the molecule is N#CCCOC(CCC#N)CC(CC(CCC#N)OCCC#N)(OCCC#N)OCCC#N. The average molecular weight is 455 g/mol. The van der Waals surface area contributed by atoms with Crippen molar-refractivity contribution >= 4 is 0 Å². The molecule has 0 heterocycles. The molecule has 2 atom stereocenters. The van der Waals surface area contributed by atoms with Gasteiger partial charge in [0.1, 0.15) is 0 Å². The van der Waals surface area contributed by atoms with E-state index in [0.29, 0.717) is 12.8 Å². The number of nitrogens with zero attached hydrogens (tertiary/aromatic N) is 6. The van der Waals surface area contributed by atoms with Crippen LogP contribution in [0.3, 0.4) is 0 Å². The third-order valence-electron chi connectivity index (χ3n) is 4.53. The summed E-state index contributed by atoms with van der Waals surface area (Å²) in [5.41, 5.74) is 0. The molecule has 0 spiro atoms. The maximum absolute atomic E-state index is 9.03. The van der Waals surface area contributed by atoms with Crippen molar-refractivity contribution in [2.45, 2.75) is 82.2 Å². The smallest absolute Gasteiger partial charge is 0.173 e. The number of rotatable bonds is 20. The van der Waals surface area contributed by atoms with E-state index in [2.05, 4.69) is 12.1 Å². The summed E-state index contributed by atoms with van der Waals surface area (Å²) < 4.78 is 23.7. The van der Waals surface area contributed by atoms with E-state index in [1.54, 1.807) is 0 Å². The molecule has 0 aromatic rings. The van der Waals surface area contributed by atoms with Crippen LogP contribution in [0.2, 0.25) is 0 Å². The summed E-state index contributed by atoms with van der Waals surface area (Å²) in [5.74, 6) is -1.30. The van der Waals surface area contributed by atoms with Gasteiger partial charge in [-0.3, -0.25) is 0 Å². The van der Waals surface area contributed by atoms with E-state index in [1.807, 2.05) is 24.3 Å². The Morgan fingerprint density at radius 1 is 0.485 bits per heavy atom. The van der Waals surface area contributed by atoms with Crippen molar-refractivity contribution in [2.24, 2.45) is 0 Å². The molecule has 0 N–H and O–H groups in total. The molecule has 0 aromatic carbocycles. The van der Waals surface area contributed by atoms with Gasteiger partial charge in [0.25, 0.3) is 0 Å². The van der Waals surface area contributed by atoms with E-state index in [-0.39, 0.29) is 77.8 Å². The topological polar surface area (TPSA) is 180 Å². The van der Waals surface area contributed by atoms with Gasteiger partial charge in [0, 0.05) is 25.7 Å². The fourth-order valence-electron chi connectivity index (χ4n) is 3.10. The van der Waals surface area contributed by atoms with E-state index in [1.165, 1.54) is 0 Å². The van der Waals surface area contributed by atoms with Gasteiger partial charge in [-0.2, -0.15) is 31.6 Å². The monoisotopic (exact) mass is 454 g/mol. The van der Waals surface area contributed by atoms with Gasteiger partial charge in [-0.1, -0.05) is 0 Å². The molecule has 33 heavy (non-hydrogen) atoms. The zero-order chi connectivity index (χ0) is 24.6. The lowest BCUT2D eigenvalue weighted by molar-refractivity contribution is -0.266. The molecule has 10 heteroatoms. The molecule has 0 fully saturated rings. The maximum Gasteiger partial charge on any atom is 0.173 e. The molecule has 0 aliphatic carbocycles. The van der Waals surface area contributed by atoms with Gasteiger partial charge in [-0.25, -0.2) is 0 Å². The summed E-state index contributed by atoms with van der Waals surface area (Å²) in [6.07, 6.45) is 1.21. The predicted molar refractivity (Wildman–Crippen MR) is 114 cm³/mol. The van der Waals surface area contributed by atoms with Crippen LogP contribution in [-0.2, 0) is 18.9 Å². The van der Waals surface area contributed by atoms with Gasteiger partial charge in [0.05, 0.1) is 101 Å². The maximum atomic E-state index is 9.03. The van der Waals surface area contributed by atoms with E-state index < -0.39 is 18.0 Å². The summed E-state index contributed by atoms with van der Waals surface area (Å²) in [5, 5.41) is 53.6. The number of hydrogen-bond donors (Lipinski definition) is 0. The zero-order valence-corrected chi connectivity index (χ0v) is 18.9. The van der Waals surface area contributed by atoms with E-state index >= 15 is 0 Å². The van der Waals surface area contributed by atoms with Crippen LogP contribution in [-0.4, -0.2) is 44.4 Å². The highest BCUT2D eigenvalue weighted by Gasteiger charge is 2.38. The Bertz CT molecular complexity index is 712. The lowest BCUT2D eigenvalue weighted by atomic mass is 9.96. The highest BCUT2D eigenvalue weighted by molar-refractivity contribution is 4.86. The van der Waals surface area contributed by atoms with Gasteiger partial charge >= 0.3 is 0 Å². The van der Waals surface area contributed by atoms with Crippen LogP contribution in [0.25, 0.3) is 0 Å². The summed E-state index contributed by atoms with van der Waals surface area (Å²) >= 11 is 0. The second-order valence-electron chi connectivity index (χ2n) is 7.03. The first-order valence-corrected chi connectivity index (χ1v) is 10.8. The molecule has 0 aliphatic heterocycles. The second-order valence-corrected chi connectivity index (χ2v) is 7.03. The minimum atomic E-state index is -1.30. The van der Waals surface area contributed by atoms with E-state index in [9.17, 15) is 0 Å². The molecule has 0 bridgehead atoms. The van der Waals surface area contributed by atoms with Crippen molar-refractivity contribution in [1.29, 1.82) is 31.6 Å². The fourth-order valence-corrected chi connectivity index (χ4v) is 3.10. The molecule has 2 unspecified atom stereocenters. The molecule has 0 saturated heterocycles. The van der Waals surface area contributed by atoms with Crippen molar-refractivity contribution in [3.8, 4) is 36.4 Å². The molecule has 0 saturated carbocycles. The van der Waals surface area contributed by atoms with Crippen LogP contribution in [0, 0.1) is 68.0 Å². The highest BCUT2D eigenvalue weighted by Crippen LogP contribution is 2.32. The van der Waals surface area contributed by atoms with Crippen molar-refractivity contribution in [1.82, 2.24) is 0 Å². The van der Waals surface area contributed by atoms with Crippen molar-refractivity contribution in [2.75, 3.05) is 26.4 Å². The quantitative estimate of drug-likeness (QED) is 0.195. The third kappa shape index (κ3) is 15.3. The molecule has 0 aromatic heterocycles. The average Bonchev–Trinajstić information content (AvgIpc) is 2.81. The fraction of sp³-hybridized carbons (Fsp3) is 0.739. The lowest BCUT2D eigenvalue weighted by Gasteiger charge is -2.38. The third-order valence-corrected chi connectivity index (χ3v) is 4.53. The van der Waals surface area contributed by atoms with Crippen LogP contribution in [0.1, 0.15) is 64.2 Å². The first-order chi connectivity index (χ1) is 16.1. The Kier molecular flexibility index (Phi) is 18.7. The van der Waals surface area contributed by atoms with Crippen molar-refractivity contribution < 1.29 is 18.9 Å². The zero-order valence-electron chi connectivity index (χ0n) is 18.9. The standard InChI is InChI=1S/C23H30N6O4/c24-9-1-7-21(30-15-3-11-26)19-23(32-17-5-13-28,33-18-6-14-29)20-22(8-2-10-25)31-16-4-12-27/h21-22H,1-8,15-20H2. The predicted octanol–water partition coefficient (Wildman–Crippen LogP) is 3.53. The molecule has 0 aliphatic rings. The Morgan fingerprint density at radius 2 is 0.818 bits per heavy atom. The summed E-state index contributed by atoms with van der Waals surface area (Å²) in [6, 6.07) is 12.2. The van der Waals surface area contributed by atoms with Crippen molar-refractivity contribution in [3.63, 3.8) is 0 Å². The number of ether oxygens (including phenoxy) is 4. The van der Waals surface area contributed by atoms with E-state index in [0.717, 1.165) is 0 Å². The van der Waals surface area contributed by atoms with Gasteiger partial charge in [0.15, 0.2) is 5.79 Å². The summed E-state index contributed by atoms with van der Waals surface area (Å²) in [6.45, 7) is 0.482. The Hall–Kier alpha value is -3.22. The molecule has 176 valence electrons. The van der Waals surface area contributed by atoms with Gasteiger partial charge < -0.3 is 18.9 Å². The summed E-state index contributed by atoms with van der Waals surface area (Å²) in [4.78, 5) is 0. The Morgan fingerprint density at radius 3 is 1.15 bits per heavy atom. The van der Waals surface area contributed by atoms with E-state index in [4.69, 9.17) is 50.5 Å². The number of hydrogen-bond acceptors (Lipinski definition) is 10. The molecule has 10 nitrogen and oxygen atoms in total. The molecule has 0 rings (SSSR count). The van der Waals surface area contributed by atoms with Crippen LogP contribution < -0.4 is 0 Å². The molecule has 0 amide bonds. The summed E-state index contributed by atoms with van der Waals surface area (Å²) in [7, 11) is 0. The lowest BCUT2D eigenvalue weighted by Crippen LogP contribution is -2.44. The molecule has 0 radical (unpaired) electrons. The minimum absolute atomic E-state index is 0.0649. The van der Waals surface area contributed by atoms with Gasteiger partial charge in [0.2, 0.25) is 0 Å². The van der Waals surface area contributed by atoms with Gasteiger partial charge in [-0.05, 0) is 12.8 Å². The van der Waals surface area contributed by atoms with Crippen molar-refractivity contribution in [3.05, 3.63) is 0 Å². The number of nitriles is 6. The molecular weight excluding hydrogens is 424 g/mol. The van der Waals surface area contributed by atoms with Crippen LogP contribution in [0.4, 0.5) is 0 Å².